The van der Waals surface area contributed by atoms with Gasteiger partial charge in [0.25, 0.3) is 5.56 Å². The lowest BCUT2D eigenvalue weighted by Crippen LogP contribution is -2.29. The minimum atomic E-state index is -0.154. The number of methoxy groups -OCH3 is 1. The van der Waals surface area contributed by atoms with Crippen molar-refractivity contribution in [2.75, 3.05) is 26.8 Å². The summed E-state index contributed by atoms with van der Waals surface area (Å²) < 4.78 is 13.4. The number of ether oxygens (including phenoxy) is 2. The molecule has 2 aromatic carbocycles. The van der Waals surface area contributed by atoms with Gasteiger partial charge in [-0.3, -0.25) is 14.2 Å². The molecule has 0 aliphatic carbocycles. The predicted octanol–water partition coefficient (Wildman–Crippen LogP) is 4.78. The molecule has 1 aliphatic rings. The van der Waals surface area contributed by atoms with Crippen LogP contribution in [0.15, 0.2) is 59.7 Å². The first-order valence-electron chi connectivity index (χ1n) is 10.9. The highest BCUT2D eigenvalue weighted by Gasteiger charge is 2.20. The number of benzene rings is 2. The third-order valence-electron chi connectivity index (χ3n) is 5.78. The summed E-state index contributed by atoms with van der Waals surface area (Å²) in [7, 11) is 1.55. The third kappa shape index (κ3) is 4.38. The van der Waals surface area contributed by atoms with E-state index in [1.165, 1.54) is 22.2 Å². The highest BCUT2D eigenvalue weighted by molar-refractivity contribution is 7.22. The molecule has 1 aliphatic heterocycles. The monoisotopic (exact) mass is 495 g/mol. The normalized spacial score (nSPS) is 13.6. The number of amides is 1. The Bertz CT molecular complexity index is 1410. The maximum atomic E-state index is 13.3. The summed E-state index contributed by atoms with van der Waals surface area (Å²) in [6, 6.07) is 14.7. The van der Waals surface area contributed by atoms with Gasteiger partial charge in [0.2, 0.25) is 5.91 Å². The topological polar surface area (TPSA) is 73.7 Å². The Morgan fingerprint density at radius 3 is 2.65 bits per heavy atom. The van der Waals surface area contributed by atoms with Gasteiger partial charge in [-0.25, -0.2) is 4.98 Å². The van der Waals surface area contributed by atoms with E-state index < -0.39 is 0 Å². The lowest BCUT2D eigenvalue weighted by atomic mass is 10.2. The van der Waals surface area contributed by atoms with E-state index in [4.69, 9.17) is 21.1 Å². The van der Waals surface area contributed by atoms with Gasteiger partial charge in [-0.15, -0.1) is 11.3 Å². The number of hydrogen-bond acceptors (Lipinski definition) is 6. The molecule has 0 bridgehead atoms. The first-order valence-corrected chi connectivity index (χ1v) is 12.1. The van der Waals surface area contributed by atoms with Crippen molar-refractivity contribution in [1.82, 2.24) is 14.5 Å². The van der Waals surface area contributed by atoms with Gasteiger partial charge >= 0.3 is 0 Å². The van der Waals surface area contributed by atoms with Crippen LogP contribution in [-0.4, -0.2) is 47.2 Å². The summed E-state index contributed by atoms with van der Waals surface area (Å²) in [5, 5.41) is 0.663. The van der Waals surface area contributed by atoms with Crippen molar-refractivity contribution in [3.63, 3.8) is 0 Å². The van der Waals surface area contributed by atoms with E-state index in [2.05, 4.69) is 4.98 Å². The molecule has 1 saturated heterocycles. The Balaban J connectivity index is 1.40. The number of halogens is 1. The molecule has 0 spiro atoms. The van der Waals surface area contributed by atoms with Crippen LogP contribution in [0.5, 0.6) is 11.5 Å². The first-order chi connectivity index (χ1) is 16.5. The molecular formula is C25H22ClN3O4S. The number of carbonyl (C=O) groups is 1. The lowest BCUT2D eigenvalue weighted by Gasteiger charge is -2.17. The van der Waals surface area contributed by atoms with E-state index in [9.17, 15) is 9.59 Å². The summed E-state index contributed by atoms with van der Waals surface area (Å²) in [6.07, 6.45) is 3.03. The molecular weight excluding hydrogens is 474 g/mol. The highest BCUT2D eigenvalue weighted by atomic mass is 35.5. The van der Waals surface area contributed by atoms with Crippen LogP contribution in [0.25, 0.3) is 26.3 Å². The molecule has 9 heteroatoms. The van der Waals surface area contributed by atoms with Gasteiger partial charge in [-0.1, -0.05) is 23.7 Å². The van der Waals surface area contributed by atoms with Crippen LogP contribution < -0.4 is 15.0 Å². The maximum Gasteiger partial charge on any atom is 0.275 e. The van der Waals surface area contributed by atoms with Gasteiger partial charge in [-0.05, 0) is 42.3 Å². The minimum absolute atomic E-state index is 0.154. The van der Waals surface area contributed by atoms with Crippen LogP contribution >= 0.6 is 22.9 Å². The molecule has 34 heavy (non-hydrogen) atoms. The van der Waals surface area contributed by atoms with Crippen LogP contribution in [0.3, 0.4) is 0 Å². The maximum absolute atomic E-state index is 13.3. The van der Waals surface area contributed by atoms with E-state index in [-0.39, 0.29) is 11.5 Å². The average Bonchev–Trinajstić information content (AvgIpc) is 3.47. The second-order valence-electron chi connectivity index (χ2n) is 7.92. The second-order valence-corrected chi connectivity index (χ2v) is 9.41. The third-order valence-corrected chi connectivity index (χ3v) is 7.20. The van der Waals surface area contributed by atoms with E-state index in [0.29, 0.717) is 52.0 Å². The van der Waals surface area contributed by atoms with Crippen molar-refractivity contribution in [2.24, 2.45) is 0 Å². The van der Waals surface area contributed by atoms with Gasteiger partial charge in [0.15, 0.2) is 11.5 Å². The quantitative estimate of drug-likeness (QED) is 0.369. The summed E-state index contributed by atoms with van der Waals surface area (Å²) in [5.41, 5.74) is 2.11. The molecule has 0 N–H and O–H groups in total. The summed E-state index contributed by atoms with van der Waals surface area (Å²) >= 11 is 7.39. The lowest BCUT2D eigenvalue weighted by molar-refractivity contribution is -0.128. The van der Waals surface area contributed by atoms with Crippen molar-refractivity contribution in [3.05, 3.63) is 70.2 Å². The van der Waals surface area contributed by atoms with Gasteiger partial charge < -0.3 is 14.4 Å². The number of likely N-dealkylation sites (tertiary alicyclic amines) is 1. The zero-order valence-corrected chi connectivity index (χ0v) is 20.1. The summed E-state index contributed by atoms with van der Waals surface area (Å²) in [5.74, 6) is 1.23. The van der Waals surface area contributed by atoms with Crippen LogP contribution in [0, 0.1) is 0 Å². The Morgan fingerprint density at radius 2 is 1.91 bits per heavy atom. The number of carbonyl (C=O) groups excluding carboxylic acids is 1. The Labute approximate surface area is 205 Å². The van der Waals surface area contributed by atoms with Crippen LogP contribution in [0.1, 0.15) is 12.8 Å². The smallest absolute Gasteiger partial charge is 0.275 e. The molecule has 5 rings (SSSR count). The zero-order chi connectivity index (χ0) is 23.7. The molecule has 3 heterocycles. The number of hydrogen-bond donors (Lipinski definition) is 0. The van der Waals surface area contributed by atoms with Crippen LogP contribution in [0.2, 0.25) is 5.02 Å². The van der Waals surface area contributed by atoms with Crippen molar-refractivity contribution in [1.29, 1.82) is 0 Å². The Kier molecular flexibility index (Phi) is 6.26. The van der Waals surface area contributed by atoms with Gasteiger partial charge in [0.05, 0.1) is 24.9 Å². The molecule has 4 aromatic rings. The first kappa shape index (κ1) is 22.4. The number of fused-ring (bicyclic) bond motifs is 1. The zero-order valence-electron chi connectivity index (χ0n) is 18.5. The van der Waals surface area contributed by atoms with Crippen LogP contribution in [0.4, 0.5) is 0 Å². The molecule has 0 radical (unpaired) electrons. The van der Waals surface area contributed by atoms with Crippen molar-refractivity contribution >= 4 is 39.1 Å². The highest BCUT2D eigenvalue weighted by Crippen LogP contribution is 2.33. The Morgan fingerprint density at radius 1 is 1.09 bits per heavy atom. The van der Waals surface area contributed by atoms with E-state index in [1.54, 1.807) is 30.2 Å². The fourth-order valence-electron chi connectivity index (χ4n) is 3.98. The number of rotatable bonds is 7. The molecule has 1 amide bonds. The Hall–Kier alpha value is -3.36. The van der Waals surface area contributed by atoms with Gasteiger partial charge in [0.1, 0.15) is 17.6 Å². The molecule has 0 atom stereocenters. The number of aromatic nitrogens is 2. The SMILES string of the molecule is COc1cc(-n2cnc3cc(-c4ccc(Cl)cc4)sc3c2=O)ccc1OCCN1CCCC1=O. The fraction of sp³-hybridized carbons (Fsp3) is 0.240. The fourth-order valence-corrected chi connectivity index (χ4v) is 5.16. The van der Waals surface area contributed by atoms with Crippen molar-refractivity contribution in [3.8, 4) is 27.6 Å². The standard InChI is InChI=1S/C25H22ClN3O4S/c1-32-21-13-18(8-9-20(21)33-12-11-28-10-2-3-23(28)30)29-15-27-19-14-22(34-24(19)25(29)31)16-4-6-17(26)7-5-16/h4-9,13-15H,2-3,10-12H2,1H3. The average molecular weight is 496 g/mol. The van der Waals surface area contributed by atoms with E-state index >= 15 is 0 Å². The molecule has 1 fully saturated rings. The van der Waals surface area contributed by atoms with E-state index in [1.807, 2.05) is 30.3 Å². The number of nitrogens with zero attached hydrogens (tertiary/aromatic N) is 3. The van der Waals surface area contributed by atoms with Crippen molar-refractivity contribution in [2.45, 2.75) is 12.8 Å². The number of thiophene rings is 1. The second kappa shape index (κ2) is 9.48. The van der Waals surface area contributed by atoms with Gasteiger partial charge in [-0.2, -0.15) is 0 Å². The van der Waals surface area contributed by atoms with Crippen LogP contribution in [-0.2, 0) is 4.79 Å². The van der Waals surface area contributed by atoms with Gasteiger partial charge in [0, 0.05) is 28.9 Å². The molecule has 2 aromatic heterocycles. The molecule has 7 nitrogen and oxygen atoms in total. The van der Waals surface area contributed by atoms with Crippen molar-refractivity contribution < 1.29 is 14.3 Å². The summed E-state index contributed by atoms with van der Waals surface area (Å²) in [4.78, 5) is 32.3. The largest absolute Gasteiger partial charge is 0.493 e. The molecule has 0 saturated carbocycles. The summed E-state index contributed by atoms with van der Waals surface area (Å²) in [6.45, 7) is 1.69. The predicted molar refractivity (Wildman–Crippen MR) is 134 cm³/mol. The molecule has 174 valence electrons. The minimum Gasteiger partial charge on any atom is -0.493 e. The molecule has 0 unspecified atom stereocenters. The van der Waals surface area contributed by atoms with E-state index in [0.717, 1.165) is 23.4 Å².